The van der Waals surface area contributed by atoms with Crippen LogP contribution in [0.15, 0.2) is 36.8 Å². The second kappa shape index (κ2) is 6.53. The zero-order valence-electron chi connectivity index (χ0n) is 12.1. The highest BCUT2D eigenvalue weighted by atomic mass is 15.1. The van der Waals surface area contributed by atoms with Gasteiger partial charge in [-0.2, -0.15) is 0 Å². The molecule has 0 aliphatic carbocycles. The van der Waals surface area contributed by atoms with Gasteiger partial charge in [0.2, 0.25) is 0 Å². The fourth-order valence-corrected chi connectivity index (χ4v) is 2.26. The Hall–Kier alpha value is -1.61. The summed E-state index contributed by atoms with van der Waals surface area (Å²) < 4.78 is 2.16. The second-order valence-corrected chi connectivity index (χ2v) is 5.06. The van der Waals surface area contributed by atoms with Crippen LogP contribution in [-0.2, 0) is 6.42 Å². The molecule has 0 saturated carbocycles. The van der Waals surface area contributed by atoms with Crippen LogP contribution in [0, 0.1) is 0 Å². The first-order chi connectivity index (χ1) is 9.24. The van der Waals surface area contributed by atoms with Crippen molar-refractivity contribution >= 4 is 0 Å². The van der Waals surface area contributed by atoms with E-state index < -0.39 is 0 Å². The molecule has 102 valence electrons. The van der Waals surface area contributed by atoms with Crippen molar-refractivity contribution in [2.45, 2.75) is 32.7 Å². The van der Waals surface area contributed by atoms with Gasteiger partial charge < -0.3 is 9.88 Å². The molecular weight excluding hydrogens is 234 g/mol. The van der Waals surface area contributed by atoms with Crippen LogP contribution < -0.4 is 5.32 Å². The molecule has 2 rings (SSSR count). The molecule has 1 atom stereocenters. The van der Waals surface area contributed by atoms with Gasteiger partial charge in [-0.15, -0.1) is 0 Å². The molecule has 0 unspecified atom stereocenters. The van der Waals surface area contributed by atoms with Crippen molar-refractivity contribution in [1.82, 2.24) is 14.9 Å². The van der Waals surface area contributed by atoms with E-state index in [1.54, 1.807) is 0 Å². The van der Waals surface area contributed by atoms with E-state index in [1.165, 1.54) is 17.5 Å². The summed E-state index contributed by atoms with van der Waals surface area (Å²) >= 11 is 0. The molecule has 19 heavy (non-hydrogen) atoms. The summed E-state index contributed by atoms with van der Waals surface area (Å²) in [6.45, 7) is 5.34. The van der Waals surface area contributed by atoms with Gasteiger partial charge in [0, 0.05) is 24.3 Å². The maximum atomic E-state index is 4.50. The Kier molecular flexibility index (Phi) is 4.74. The van der Waals surface area contributed by atoms with Gasteiger partial charge in [-0.3, -0.25) is 0 Å². The first-order valence-corrected chi connectivity index (χ1v) is 7.02. The summed E-state index contributed by atoms with van der Waals surface area (Å²) in [6.07, 6.45) is 6.37. The van der Waals surface area contributed by atoms with Gasteiger partial charge in [0.15, 0.2) is 0 Å². The zero-order valence-corrected chi connectivity index (χ0v) is 12.1. The maximum absolute atomic E-state index is 4.50. The molecule has 0 saturated heterocycles. The van der Waals surface area contributed by atoms with Crippen molar-refractivity contribution < 1.29 is 0 Å². The van der Waals surface area contributed by atoms with Gasteiger partial charge in [0.25, 0.3) is 0 Å². The highest BCUT2D eigenvalue weighted by Crippen LogP contribution is 2.19. The molecular formula is C16H23N3. The quantitative estimate of drug-likeness (QED) is 0.860. The first-order valence-electron chi connectivity index (χ1n) is 7.02. The highest BCUT2D eigenvalue weighted by Gasteiger charge is 2.06. The number of likely N-dealkylation sites (N-methyl/N-ethyl adjacent to an activating group) is 1. The summed E-state index contributed by atoms with van der Waals surface area (Å²) in [6, 6.07) is 9.16. The van der Waals surface area contributed by atoms with Gasteiger partial charge in [-0.1, -0.05) is 37.6 Å². The molecule has 1 aromatic carbocycles. The lowest BCUT2D eigenvalue weighted by atomic mass is 10.1. The third-order valence-electron chi connectivity index (χ3n) is 3.40. The van der Waals surface area contributed by atoms with E-state index in [2.05, 4.69) is 59.2 Å². The fraction of sp³-hybridized carbons (Fsp3) is 0.438. The minimum absolute atomic E-state index is 0.422. The van der Waals surface area contributed by atoms with E-state index in [-0.39, 0.29) is 0 Å². The number of hydrogen-bond acceptors (Lipinski definition) is 2. The Bertz CT molecular complexity index is 499. The summed E-state index contributed by atoms with van der Waals surface area (Å²) in [5.41, 5.74) is 3.63. The van der Waals surface area contributed by atoms with Crippen molar-refractivity contribution in [3.8, 4) is 11.3 Å². The number of aryl methyl sites for hydroxylation is 1. The normalized spacial score (nSPS) is 12.6. The Morgan fingerprint density at radius 2 is 2.00 bits per heavy atom. The number of benzene rings is 1. The molecule has 0 fully saturated rings. The molecule has 0 aliphatic rings. The summed E-state index contributed by atoms with van der Waals surface area (Å²) in [5, 5.41) is 3.19. The van der Waals surface area contributed by atoms with Gasteiger partial charge >= 0.3 is 0 Å². The van der Waals surface area contributed by atoms with Crippen LogP contribution in [0.3, 0.4) is 0 Å². The number of imidazole rings is 1. The Labute approximate surface area is 115 Å². The number of rotatable bonds is 6. The number of aromatic nitrogens is 2. The van der Waals surface area contributed by atoms with Crippen LogP contribution in [0.25, 0.3) is 11.3 Å². The molecule has 2 aromatic rings. The van der Waals surface area contributed by atoms with E-state index in [1.807, 2.05) is 13.4 Å². The van der Waals surface area contributed by atoms with E-state index in [4.69, 9.17) is 0 Å². The molecule has 1 aromatic heterocycles. The molecule has 0 spiro atoms. The summed E-state index contributed by atoms with van der Waals surface area (Å²) in [7, 11) is 1.97. The van der Waals surface area contributed by atoms with E-state index in [0.717, 1.165) is 18.7 Å². The zero-order chi connectivity index (χ0) is 13.7. The molecule has 0 bridgehead atoms. The lowest BCUT2D eigenvalue weighted by Gasteiger charge is -2.11. The van der Waals surface area contributed by atoms with Crippen molar-refractivity contribution in [3.05, 3.63) is 42.4 Å². The molecule has 3 heteroatoms. The third-order valence-corrected chi connectivity index (χ3v) is 3.40. The van der Waals surface area contributed by atoms with Crippen molar-refractivity contribution in [3.63, 3.8) is 0 Å². The Morgan fingerprint density at radius 3 is 2.63 bits per heavy atom. The Balaban J connectivity index is 2.13. The summed E-state index contributed by atoms with van der Waals surface area (Å²) in [4.78, 5) is 4.50. The number of nitrogens with zero attached hydrogens (tertiary/aromatic N) is 2. The van der Waals surface area contributed by atoms with Crippen molar-refractivity contribution in [1.29, 1.82) is 0 Å². The highest BCUT2D eigenvalue weighted by molar-refractivity contribution is 5.58. The summed E-state index contributed by atoms with van der Waals surface area (Å²) in [5.74, 6) is 0. The van der Waals surface area contributed by atoms with Gasteiger partial charge in [-0.25, -0.2) is 4.98 Å². The predicted molar refractivity (Wildman–Crippen MR) is 80.3 cm³/mol. The standard InChI is InChI=1S/C16H23N3/c1-4-5-14-6-8-15(9-7-14)16-11-19(12-18-16)13(2)10-17-3/h6-9,11-13,17H,4-5,10H2,1-3H3/t13-/m1/s1. The average molecular weight is 257 g/mol. The van der Waals surface area contributed by atoms with Crippen LogP contribution in [0.4, 0.5) is 0 Å². The van der Waals surface area contributed by atoms with Crippen LogP contribution in [0.1, 0.15) is 31.9 Å². The molecule has 0 radical (unpaired) electrons. The van der Waals surface area contributed by atoms with E-state index in [0.29, 0.717) is 6.04 Å². The van der Waals surface area contributed by atoms with Crippen molar-refractivity contribution in [2.24, 2.45) is 0 Å². The number of nitrogens with one attached hydrogen (secondary N) is 1. The SMILES string of the molecule is CCCc1ccc(-c2cn([C@H](C)CNC)cn2)cc1. The van der Waals surface area contributed by atoms with Gasteiger partial charge in [0.05, 0.1) is 12.0 Å². The minimum atomic E-state index is 0.422. The van der Waals surface area contributed by atoms with Crippen molar-refractivity contribution in [2.75, 3.05) is 13.6 Å². The number of hydrogen-bond donors (Lipinski definition) is 1. The smallest absolute Gasteiger partial charge is 0.0956 e. The predicted octanol–water partition coefficient (Wildman–Crippen LogP) is 3.28. The van der Waals surface area contributed by atoms with E-state index in [9.17, 15) is 0 Å². The fourth-order valence-electron chi connectivity index (χ4n) is 2.26. The second-order valence-electron chi connectivity index (χ2n) is 5.06. The largest absolute Gasteiger partial charge is 0.333 e. The lowest BCUT2D eigenvalue weighted by molar-refractivity contribution is 0.517. The minimum Gasteiger partial charge on any atom is -0.333 e. The average Bonchev–Trinajstić information content (AvgIpc) is 2.90. The Morgan fingerprint density at radius 1 is 1.26 bits per heavy atom. The third kappa shape index (κ3) is 3.44. The van der Waals surface area contributed by atoms with Crippen LogP contribution in [0.2, 0.25) is 0 Å². The van der Waals surface area contributed by atoms with Gasteiger partial charge in [0.1, 0.15) is 0 Å². The van der Waals surface area contributed by atoms with Crippen LogP contribution in [0.5, 0.6) is 0 Å². The maximum Gasteiger partial charge on any atom is 0.0956 e. The molecule has 0 aliphatic heterocycles. The van der Waals surface area contributed by atoms with Crippen LogP contribution >= 0.6 is 0 Å². The first kappa shape index (κ1) is 13.8. The van der Waals surface area contributed by atoms with Gasteiger partial charge in [-0.05, 0) is 26.0 Å². The molecule has 1 N–H and O–H groups in total. The molecule has 1 heterocycles. The lowest BCUT2D eigenvalue weighted by Crippen LogP contribution is -2.18. The molecule has 0 amide bonds. The monoisotopic (exact) mass is 257 g/mol. The topological polar surface area (TPSA) is 29.9 Å². The molecule has 3 nitrogen and oxygen atoms in total. The van der Waals surface area contributed by atoms with Crippen LogP contribution in [-0.4, -0.2) is 23.1 Å². The van der Waals surface area contributed by atoms with E-state index >= 15 is 0 Å².